The molecule has 0 heterocycles. The van der Waals surface area contributed by atoms with Crippen LogP contribution in [-0.4, -0.2) is 26.3 Å². The van der Waals surface area contributed by atoms with Crippen LogP contribution in [0.15, 0.2) is 22.7 Å². The lowest BCUT2D eigenvalue weighted by Gasteiger charge is -2.26. The van der Waals surface area contributed by atoms with Crippen molar-refractivity contribution in [3.8, 4) is 0 Å². The predicted molar refractivity (Wildman–Crippen MR) is 80.2 cm³/mol. The minimum Gasteiger partial charge on any atom is -0.374 e. The van der Waals surface area contributed by atoms with E-state index in [2.05, 4.69) is 21.2 Å². The molecule has 0 saturated heterocycles. The quantitative estimate of drug-likeness (QED) is 0.810. The van der Waals surface area contributed by atoms with Crippen molar-refractivity contribution < 1.29 is 13.2 Å². The molecular formula is C14H20BrF3N2. The Morgan fingerprint density at radius 2 is 2.00 bits per heavy atom. The molecule has 0 bridgehead atoms. The monoisotopic (exact) mass is 352 g/mol. The number of alkyl halides is 3. The van der Waals surface area contributed by atoms with Gasteiger partial charge in [0.2, 0.25) is 0 Å². The molecule has 2 nitrogen and oxygen atoms in total. The van der Waals surface area contributed by atoms with E-state index in [4.69, 9.17) is 0 Å². The first-order valence-corrected chi connectivity index (χ1v) is 7.34. The maximum Gasteiger partial charge on any atom is 0.390 e. The van der Waals surface area contributed by atoms with Gasteiger partial charge >= 0.3 is 6.18 Å². The summed E-state index contributed by atoms with van der Waals surface area (Å²) in [6, 6.07) is 5.73. The van der Waals surface area contributed by atoms with E-state index < -0.39 is 12.6 Å². The van der Waals surface area contributed by atoms with Gasteiger partial charge in [0.1, 0.15) is 0 Å². The fraction of sp³-hybridized carbons (Fsp3) is 0.571. The molecule has 0 spiro atoms. The highest BCUT2D eigenvalue weighted by Crippen LogP contribution is 2.30. The van der Waals surface area contributed by atoms with E-state index in [1.807, 2.05) is 32.0 Å². The van der Waals surface area contributed by atoms with Crippen LogP contribution in [0, 0.1) is 0 Å². The van der Waals surface area contributed by atoms with Gasteiger partial charge in [-0.25, -0.2) is 0 Å². The Kier molecular flexibility index (Phi) is 6.33. The number of rotatable bonds is 6. The summed E-state index contributed by atoms with van der Waals surface area (Å²) < 4.78 is 37.9. The van der Waals surface area contributed by atoms with Crippen molar-refractivity contribution in [3.05, 3.63) is 28.2 Å². The lowest BCUT2D eigenvalue weighted by atomic mass is 10.1. The molecule has 1 atom stereocenters. The van der Waals surface area contributed by atoms with E-state index in [1.165, 1.54) is 0 Å². The van der Waals surface area contributed by atoms with Crippen LogP contribution >= 0.6 is 15.9 Å². The zero-order valence-electron chi connectivity index (χ0n) is 11.9. The lowest BCUT2D eigenvalue weighted by Crippen LogP contribution is -2.27. The maximum atomic E-state index is 12.3. The number of hydrogen-bond acceptors (Lipinski definition) is 2. The highest BCUT2D eigenvalue weighted by atomic mass is 79.9. The van der Waals surface area contributed by atoms with Gasteiger partial charge in [-0.3, -0.25) is 0 Å². The van der Waals surface area contributed by atoms with Crippen molar-refractivity contribution in [1.82, 2.24) is 5.32 Å². The third-order valence-corrected chi connectivity index (χ3v) is 3.60. The van der Waals surface area contributed by atoms with Gasteiger partial charge in [-0.1, -0.05) is 22.9 Å². The summed E-state index contributed by atoms with van der Waals surface area (Å²) in [5.41, 5.74) is 1.82. The average molecular weight is 353 g/mol. The molecule has 0 aliphatic carbocycles. The molecular weight excluding hydrogens is 333 g/mol. The van der Waals surface area contributed by atoms with Gasteiger partial charge in [-0.05, 0) is 37.2 Å². The third kappa shape index (κ3) is 5.32. The summed E-state index contributed by atoms with van der Waals surface area (Å²) in [5, 5.41) is 3.29. The van der Waals surface area contributed by atoms with Crippen molar-refractivity contribution in [2.24, 2.45) is 0 Å². The number of hydrogen-bond donors (Lipinski definition) is 1. The summed E-state index contributed by atoms with van der Waals surface area (Å²) in [7, 11) is 1.69. The third-order valence-electron chi connectivity index (χ3n) is 3.11. The summed E-state index contributed by atoms with van der Waals surface area (Å²) in [4.78, 5) is 1.66. The zero-order chi connectivity index (χ0) is 15.3. The first-order valence-electron chi connectivity index (χ1n) is 6.55. The number of benzene rings is 1. The Balaban J connectivity index is 2.92. The molecule has 1 unspecified atom stereocenters. The molecule has 0 radical (unpaired) electrons. The predicted octanol–water partition coefficient (Wildman–Crippen LogP) is 4.51. The van der Waals surface area contributed by atoms with Crippen LogP contribution in [0.1, 0.15) is 31.9 Å². The van der Waals surface area contributed by atoms with Gasteiger partial charge in [0.05, 0.1) is 6.42 Å². The molecule has 0 saturated carbocycles. The summed E-state index contributed by atoms with van der Waals surface area (Å²) in [5.74, 6) is 0. The Morgan fingerprint density at radius 1 is 1.35 bits per heavy atom. The van der Waals surface area contributed by atoms with Crippen LogP contribution in [-0.2, 0) is 0 Å². The number of halogens is 4. The van der Waals surface area contributed by atoms with Gasteiger partial charge in [0.25, 0.3) is 0 Å². The molecule has 1 aromatic rings. The molecule has 0 fully saturated rings. The second kappa shape index (κ2) is 7.31. The smallest absolute Gasteiger partial charge is 0.374 e. The van der Waals surface area contributed by atoms with Gasteiger partial charge in [0.15, 0.2) is 0 Å². The van der Waals surface area contributed by atoms with Crippen LogP contribution in [0.4, 0.5) is 18.9 Å². The Morgan fingerprint density at radius 3 is 2.55 bits per heavy atom. The molecule has 0 aromatic heterocycles. The van der Waals surface area contributed by atoms with Crippen LogP contribution in [0.25, 0.3) is 0 Å². The minimum absolute atomic E-state index is 0.0447. The van der Waals surface area contributed by atoms with E-state index in [-0.39, 0.29) is 12.6 Å². The van der Waals surface area contributed by atoms with Crippen LogP contribution in [0.5, 0.6) is 0 Å². The van der Waals surface area contributed by atoms with Crippen LogP contribution in [0.2, 0.25) is 0 Å². The van der Waals surface area contributed by atoms with Gasteiger partial charge in [-0.15, -0.1) is 0 Å². The van der Waals surface area contributed by atoms with E-state index in [9.17, 15) is 13.2 Å². The van der Waals surface area contributed by atoms with Crippen molar-refractivity contribution >= 4 is 21.6 Å². The maximum absolute atomic E-state index is 12.3. The standard InChI is InChI=1S/C14H20BrF3N2/c1-4-19-10(2)12-9-11(15)5-6-13(12)20(3)8-7-14(16,17)18/h5-6,9-10,19H,4,7-8H2,1-3H3. The molecule has 6 heteroatoms. The summed E-state index contributed by atoms with van der Waals surface area (Å²) in [6.07, 6.45) is -4.94. The number of anilines is 1. The van der Waals surface area contributed by atoms with Crippen molar-refractivity contribution in [3.63, 3.8) is 0 Å². The molecule has 1 rings (SSSR count). The molecule has 20 heavy (non-hydrogen) atoms. The highest BCUT2D eigenvalue weighted by molar-refractivity contribution is 9.10. The number of nitrogens with one attached hydrogen (secondary N) is 1. The van der Waals surface area contributed by atoms with Crippen LogP contribution in [0.3, 0.4) is 0 Å². The van der Waals surface area contributed by atoms with Crippen LogP contribution < -0.4 is 10.2 Å². The van der Waals surface area contributed by atoms with Crippen molar-refractivity contribution in [2.45, 2.75) is 32.5 Å². The normalized spacial score (nSPS) is 13.3. The van der Waals surface area contributed by atoms with E-state index in [1.54, 1.807) is 11.9 Å². The Hall–Kier alpha value is -0.750. The lowest BCUT2D eigenvalue weighted by molar-refractivity contribution is -0.132. The van der Waals surface area contributed by atoms with E-state index in [0.29, 0.717) is 0 Å². The Labute approximate surface area is 126 Å². The first-order chi connectivity index (χ1) is 9.24. The first kappa shape index (κ1) is 17.3. The van der Waals surface area contributed by atoms with Crippen molar-refractivity contribution in [2.75, 3.05) is 25.0 Å². The molecule has 0 aliphatic heterocycles. The SMILES string of the molecule is CCNC(C)c1cc(Br)ccc1N(C)CCC(F)(F)F. The minimum atomic E-state index is -4.13. The molecule has 114 valence electrons. The summed E-state index contributed by atoms with van der Waals surface area (Å²) in [6.45, 7) is 4.77. The van der Waals surface area contributed by atoms with E-state index >= 15 is 0 Å². The zero-order valence-corrected chi connectivity index (χ0v) is 13.5. The highest BCUT2D eigenvalue weighted by Gasteiger charge is 2.27. The van der Waals surface area contributed by atoms with Gasteiger partial charge in [-0.2, -0.15) is 13.2 Å². The molecule has 1 N–H and O–H groups in total. The largest absolute Gasteiger partial charge is 0.390 e. The van der Waals surface area contributed by atoms with E-state index in [0.717, 1.165) is 22.3 Å². The fourth-order valence-corrected chi connectivity index (χ4v) is 2.43. The second-order valence-electron chi connectivity index (χ2n) is 4.77. The number of nitrogens with zero attached hydrogens (tertiary/aromatic N) is 1. The second-order valence-corrected chi connectivity index (χ2v) is 5.68. The average Bonchev–Trinajstić information content (AvgIpc) is 2.35. The van der Waals surface area contributed by atoms with Crippen molar-refractivity contribution in [1.29, 1.82) is 0 Å². The van der Waals surface area contributed by atoms with Gasteiger partial charge < -0.3 is 10.2 Å². The fourth-order valence-electron chi connectivity index (χ4n) is 2.05. The Bertz CT molecular complexity index is 435. The van der Waals surface area contributed by atoms with Gasteiger partial charge in [0, 0.05) is 29.8 Å². The molecule has 0 aliphatic rings. The summed E-state index contributed by atoms with van der Waals surface area (Å²) >= 11 is 3.41. The molecule has 0 amide bonds. The topological polar surface area (TPSA) is 15.3 Å². The molecule has 1 aromatic carbocycles.